The number of allylic oxidation sites excluding steroid dienone is 1. The van der Waals surface area contributed by atoms with E-state index in [2.05, 4.69) is 12.1 Å². The zero-order valence-corrected chi connectivity index (χ0v) is 11.4. The lowest BCUT2D eigenvalue weighted by Crippen LogP contribution is -2.30. The average Bonchev–Trinajstić information content (AvgIpc) is 2.85. The molecule has 20 heavy (non-hydrogen) atoms. The molecule has 0 saturated carbocycles. The Labute approximate surface area is 118 Å². The lowest BCUT2D eigenvalue weighted by molar-refractivity contribution is -0.131. The summed E-state index contributed by atoms with van der Waals surface area (Å²) in [5.41, 5.74) is 3.75. The summed E-state index contributed by atoms with van der Waals surface area (Å²) in [4.78, 5) is 14.2. The molecule has 104 valence electrons. The van der Waals surface area contributed by atoms with Crippen molar-refractivity contribution in [3.63, 3.8) is 0 Å². The molecule has 0 N–H and O–H groups in total. The lowest BCUT2D eigenvalue weighted by Gasteiger charge is -2.20. The minimum atomic E-state index is 0.269. The molecule has 0 spiro atoms. The van der Waals surface area contributed by atoms with Crippen molar-refractivity contribution in [1.82, 2.24) is 4.90 Å². The van der Waals surface area contributed by atoms with Crippen LogP contribution in [0, 0.1) is 0 Å². The first-order valence-corrected chi connectivity index (χ1v) is 7.21. The molecule has 3 aliphatic rings. The molecule has 0 fully saturated rings. The summed E-state index contributed by atoms with van der Waals surface area (Å²) in [6.07, 6.45) is 5.80. The molecule has 0 radical (unpaired) electrons. The Balaban J connectivity index is 1.85. The van der Waals surface area contributed by atoms with E-state index in [4.69, 9.17) is 9.47 Å². The third-order valence-corrected chi connectivity index (χ3v) is 4.29. The standard InChI is InChI=1S/C16H17NO3/c18-16-4-2-1-3-11-5-6-17(16)9-12-7-14-15(8-13(11)12)20-10-19-14/h3,7-8H,1-2,4-6,9-10H2. The predicted octanol–water partition coefficient (Wildman–Crippen LogP) is 2.71. The fraction of sp³-hybridized carbons (Fsp3) is 0.438. The largest absolute Gasteiger partial charge is 0.454 e. The molecular formula is C16H17NO3. The van der Waals surface area contributed by atoms with Crippen molar-refractivity contribution in [2.24, 2.45) is 0 Å². The molecule has 4 nitrogen and oxygen atoms in total. The van der Waals surface area contributed by atoms with E-state index in [9.17, 15) is 4.79 Å². The van der Waals surface area contributed by atoms with Crippen molar-refractivity contribution in [1.29, 1.82) is 0 Å². The molecular weight excluding hydrogens is 254 g/mol. The minimum absolute atomic E-state index is 0.269. The third-order valence-electron chi connectivity index (χ3n) is 4.29. The van der Waals surface area contributed by atoms with Crippen LogP contribution in [0.4, 0.5) is 0 Å². The first kappa shape index (κ1) is 11.8. The van der Waals surface area contributed by atoms with Gasteiger partial charge in [0.05, 0.1) is 0 Å². The van der Waals surface area contributed by atoms with Gasteiger partial charge in [0.2, 0.25) is 12.7 Å². The number of benzene rings is 1. The van der Waals surface area contributed by atoms with E-state index < -0.39 is 0 Å². The van der Waals surface area contributed by atoms with Crippen molar-refractivity contribution >= 4 is 11.5 Å². The van der Waals surface area contributed by atoms with E-state index in [0.717, 1.165) is 37.3 Å². The van der Waals surface area contributed by atoms with Crippen LogP contribution in [0.25, 0.3) is 5.57 Å². The molecule has 0 aromatic heterocycles. The van der Waals surface area contributed by atoms with E-state index in [1.54, 1.807) is 0 Å². The highest BCUT2D eigenvalue weighted by molar-refractivity contribution is 5.79. The van der Waals surface area contributed by atoms with E-state index >= 15 is 0 Å². The van der Waals surface area contributed by atoms with Crippen LogP contribution in [-0.2, 0) is 11.3 Å². The summed E-state index contributed by atoms with van der Waals surface area (Å²) >= 11 is 0. The first-order valence-electron chi connectivity index (χ1n) is 7.21. The zero-order valence-electron chi connectivity index (χ0n) is 11.4. The fourth-order valence-electron chi connectivity index (χ4n) is 3.20. The second-order valence-electron chi connectivity index (χ2n) is 5.55. The number of hydrogen-bond donors (Lipinski definition) is 0. The van der Waals surface area contributed by atoms with Crippen molar-refractivity contribution in [2.75, 3.05) is 13.3 Å². The van der Waals surface area contributed by atoms with Gasteiger partial charge in [-0.15, -0.1) is 0 Å². The van der Waals surface area contributed by atoms with Crippen molar-refractivity contribution < 1.29 is 14.3 Å². The van der Waals surface area contributed by atoms with Crippen LogP contribution < -0.4 is 9.47 Å². The van der Waals surface area contributed by atoms with Crippen LogP contribution >= 0.6 is 0 Å². The second kappa shape index (κ2) is 4.54. The topological polar surface area (TPSA) is 38.8 Å². The molecule has 1 amide bonds. The highest BCUT2D eigenvalue weighted by Crippen LogP contribution is 2.40. The maximum Gasteiger partial charge on any atom is 0.231 e. The number of amides is 1. The monoisotopic (exact) mass is 271 g/mol. The Kier molecular flexibility index (Phi) is 2.69. The Morgan fingerprint density at radius 2 is 1.95 bits per heavy atom. The number of carbonyl (C=O) groups is 1. The molecule has 0 unspecified atom stereocenters. The maximum atomic E-state index is 12.2. The molecule has 1 aromatic rings. The average molecular weight is 271 g/mol. The van der Waals surface area contributed by atoms with Crippen LogP contribution in [-0.4, -0.2) is 24.1 Å². The van der Waals surface area contributed by atoms with E-state index in [0.29, 0.717) is 19.8 Å². The van der Waals surface area contributed by atoms with Crippen LogP contribution in [0.3, 0.4) is 0 Å². The van der Waals surface area contributed by atoms with Gasteiger partial charge in [0.25, 0.3) is 0 Å². The number of fused-ring (bicyclic) bond motifs is 6. The molecule has 4 heteroatoms. The Bertz CT molecular complexity index is 606. The molecule has 0 atom stereocenters. The van der Waals surface area contributed by atoms with Crippen LogP contribution in [0.5, 0.6) is 11.5 Å². The van der Waals surface area contributed by atoms with Gasteiger partial charge in [0, 0.05) is 19.5 Å². The van der Waals surface area contributed by atoms with Gasteiger partial charge in [-0.25, -0.2) is 0 Å². The Morgan fingerprint density at radius 1 is 1.10 bits per heavy atom. The number of hydrogen-bond acceptors (Lipinski definition) is 3. The van der Waals surface area contributed by atoms with E-state index in [1.165, 1.54) is 16.7 Å². The fourth-order valence-corrected chi connectivity index (χ4v) is 3.20. The first-order chi connectivity index (χ1) is 9.81. The predicted molar refractivity (Wildman–Crippen MR) is 74.4 cm³/mol. The van der Waals surface area contributed by atoms with Gasteiger partial charge in [0.1, 0.15) is 0 Å². The molecule has 1 aromatic carbocycles. The molecule has 0 saturated heterocycles. The van der Waals surface area contributed by atoms with Crippen molar-refractivity contribution in [2.45, 2.75) is 32.2 Å². The molecule has 3 heterocycles. The van der Waals surface area contributed by atoms with Crippen molar-refractivity contribution in [3.05, 3.63) is 29.3 Å². The molecule has 0 aliphatic carbocycles. The SMILES string of the molecule is O=C1CCCC=C2CCN1Cc1cc3c(cc12)OCO3. The van der Waals surface area contributed by atoms with E-state index in [1.807, 2.05) is 11.0 Å². The molecule has 3 aliphatic heterocycles. The number of ether oxygens (including phenoxy) is 2. The van der Waals surface area contributed by atoms with Gasteiger partial charge < -0.3 is 14.4 Å². The summed E-state index contributed by atoms with van der Waals surface area (Å²) in [5.74, 6) is 1.89. The number of carbonyl (C=O) groups excluding carboxylic acids is 1. The molecule has 4 rings (SSSR count). The second-order valence-corrected chi connectivity index (χ2v) is 5.55. The molecule has 2 bridgehead atoms. The van der Waals surface area contributed by atoms with Gasteiger partial charge in [-0.2, -0.15) is 0 Å². The third kappa shape index (κ3) is 1.87. The Hall–Kier alpha value is -1.97. The minimum Gasteiger partial charge on any atom is -0.454 e. The summed E-state index contributed by atoms with van der Waals surface area (Å²) < 4.78 is 11.0. The smallest absolute Gasteiger partial charge is 0.231 e. The summed E-state index contributed by atoms with van der Waals surface area (Å²) in [6, 6.07) is 4.12. The van der Waals surface area contributed by atoms with Gasteiger partial charge in [-0.3, -0.25) is 4.79 Å². The van der Waals surface area contributed by atoms with Gasteiger partial charge in [0.15, 0.2) is 11.5 Å². The van der Waals surface area contributed by atoms with E-state index in [-0.39, 0.29) is 5.91 Å². The maximum absolute atomic E-state index is 12.2. The summed E-state index contributed by atoms with van der Waals surface area (Å²) in [6.45, 7) is 1.79. The van der Waals surface area contributed by atoms with Crippen LogP contribution in [0.2, 0.25) is 0 Å². The summed E-state index contributed by atoms with van der Waals surface area (Å²) in [7, 11) is 0. The normalized spacial score (nSPS) is 20.7. The van der Waals surface area contributed by atoms with Crippen LogP contribution in [0.1, 0.15) is 36.8 Å². The number of rotatable bonds is 0. The highest BCUT2D eigenvalue weighted by Gasteiger charge is 2.25. The highest BCUT2D eigenvalue weighted by atomic mass is 16.7. The van der Waals surface area contributed by atoms with Crippen molar-refractivity contribution in [3.8, 4) is 11.5 Å². The van der Waals surface area contributed by atoms with Gasteiger partial charge in [-0.1, -0.05) is 6.08 Å². The lowest BCUT2D eigenvalue weighted by atomic mass is 9.96. The summed E-state index contributed by atoms with van der Waals surface area (Å²) in [5, 5.41) is 0. The van der Waals surface area contributed by atoms with Crippen LogP contribution in [0.15, 0.2) is 18.2 Å². The Morgan fingerprint density at radius 3 is 2.85 bits per heavy atom. The number of nitrogens with zero attached hydrogens (tertiary/aromatic N) is 1. The zero-order chi connectivity index (χ0) is 13.5. The van der Waals surface area contributed by atoms with Gasteiger partial charge in [-0.05, 0) is 48.1 Å². The van der Waals surface area contributed by atoms with Gasteiger partial charge >= 0.3 is 0 Å². The quantitative estimate of drug-likeness (QED) is 0.728.